The average Bonchev–Trinajstić information content (AvgIpc) is 3.32. The van der Waals surface area contributed by atoms with E-state index in [-0.39, 0.29) is 29.1 Å². The summed E-state index contributed by atoms with van der Waals surface area (Å²) in [6, 6.07) is 22.5. The van der Waals surface area contributed by atoms with Gasteiger partial charge < -0.3 is 9.88 Å². The standard InChI is InChI=1S/C28H24ClFN4O/c1-18-19(2)34(15-20-8-4-3-5-9-20)26-13-12-21(14-23(18)26)28(35)31-27-24(29)17-33(32-27)16-22-10-6-7-11-25(22)30/h3-14,17H,15-16H2,1-2H3,(H,31,32,35). The molecule has 176 valence electrons. The van der Waals surface area contributed by atoms with Crippen molar-refractivity contribution < 1.29 is 9.18 Å². The molecule has 0 radical (unpaired) electrons. The van der Waals surface area contributed by atoms with Crippen molar-refractivity contribution in [1.29, 1.82) is 0 Å². The highest BCUT2D eigenvalue weighted by Crippen LogP contribution is 2.28. The summed E-state index contributed by atoms with van der Waals surface area (Å²) in [7, 11) is 0. The van der Waals surface area contributed by atoms with Crippen LogP contribution >= 0.6 is 11.6 Å². The molecule has 7 heteroatoms. The minimum atomic E-state index is -0.317. The third kappa shape index (κ3) is 4.57. The lowest BCUT2D eigenvalue weighted by Crippen LogP contribution is -2.13. The Hall–Kier alpha value is -3.90. The first-order chi connectivity index (χ1) is 16.9. The Morgan fingerprint density at radius 3 is 2.51 bits per heavy atom. The first-order valence-corrected chi connectivity index (χ1v) is 11.7. The van der Waals surface area contributed by atoms with Crippen molar-refractivity contribution in [3.05, 3.63) is 118 Å². The summed E-state index contributed by atoms with van der Waals surface area (Å²) in [6.07, 6.45) is 1.57. The van der Waals surface area contributed by atoms with E-state index in [1.54, 1.807) is 24.4 Å². The van der Waals surface area contributed by atoms with Crippen molar-refractivity contribution >= 4 is 34.2 Å². The summed E-state index contributed by atoms with van der Waals surface area (Å²) in [6.45, 7) is 5.14. The fourth-order valence-electron chi connectivity index (χ4n) is 4.30. The van der Waals surface area contributed by atoms with E-state index in [1.807, 2.05) is 36.4 Å². The summed E-state index contributed by atoms with van der Waals surface area (Å²) >= 11 is 6.31. The Bertz CT molecular complexity index is 1540. The number of hydrogen-bond acceptors (Lipinski definition) is 2. The smallest absolute Gasteiger partial charge is 0.256 e. The first-order valence-electron chi connectivity index (χ1n) is 11.3. The van der Waals surface area contributed by atoms with E-state index in [4.69, 9.17) is 11.6 Å². The molecule has 5 rings (SSSR count). The molecule has 1 amide bonds. The SMILES string of the molecule is Cc1c(C)n(Cc2ccccc2)c2ccc(C(=O)Nc3nn(Cc4ccccc4F)cc3Cl)cc12. The Morgan fingerprint density at radius 1 is 1.00 bits per heavy atom. The van der Waals surface area contributed by atoms with E-state index in [2.05, 4.69) is 41.0 Å². The number of halogens is 2. The number of anilines is 1. The molecule has 0 saturated heterocycles. The van der Waals surface area contributed by atoms with Gasteiger partial charge in [0.1, 0.15) is 10.8 Å². The summed E-state index contributed by atoms with van der Waals surface area (Å²) in [5.41, 5.74) is 5.59. The number of aromatic nitrogens is 3. The van der Waals surface area contributed by atoms with E-state index in [9.17, 15) is 9.18 Å². The van der Waals surface area contributed by atoms with Gasteiger partial charge >= 0.3 is 0 Å². The van der Waals surface area contributed by atoms with Crippen LogP contribution in [0.1, 0.15) is 32.7 Å². The van der Waals surface area contributed by atoms with Gasteiger partial charge in [0.15, 0.2) is 5.82 Å². The second-order valence-electron chi connectivity index (χ2n) is 8.58. The van der Waals surface area contributed by atoms with Crippen LogP contribution in [0.4, 0.5) is 10.2 Å². The molecule has 35 heavy (non-hydrogen) atoms. The zero-order chi connectivity index (χ0) is 24.5. The molecule has 0 spiro atoms. The molecule has 5 aromatic rings. The molecule has 0 aliphatic heterocycles. The molecule has 0 aliphatic rings. The minimum absolute atomic E-state index is 0.210. The number of aryl methyl sites for hydroxylation is 1. The largest absolute Gasteiger partial charge is 0.340 e. The number of nitrogens with zero attached hydrogens (tertiary/aromatic N) is 3. The molecule has 0 atom stereocenters. The monoisotopic (exact) mass is 486 g/mol. The maximum Gasteiger partial charge on any atom is 0.256 e. The van der Waals surface area contributed by atoms with Gasteiger partial charge in [-0.1, -0.05) is 60.1 Å². The summed E-state index contributed by atoms with van der Waals surface area (Å²) in [5.74, 6) is -0.386. The van der Waals surface area contributed by atoms with Crippen LogP contribution in [0.25, 0.3) is 10.9 Å². The van der Waals surface area contributed by atoms with Gasteiger partial charge in [-0.2, -0.15) is 5.10 Å². The Kier molecular flexibility index (Phi) is 6.14. The number of carbonyl (C=O) groups is 1. The summed E-state index contributed by atoms with van der Waals surface area (Å²) in [5, 5.41) is 8.45. The Balaban J connectivity index is 1.38. The average molecular weight is 487 g/mol. The van der Waals surface area contributed by atoms with Gasteiger partial charge in [0.05, 0.1) is 6.54 Å². The van der Waals surface area contributed by atoms with Crippen molar-refractivity contribution in [1.82, 2.24) is 14.3 Å². The number of carbonyl (C=O) groups excluding carboxylic acids is 1. The molecule has 3 aromatic carbocycles. The third-order valence-corrected chi connectivity index (χ3v) is 6.60. The van der Waals surface area contributed by atoms with Crippen LogP contribution in [0.3, 0.4) is 0 Å². The number of amides is 1. The highest BCUT2D eigenvalue weighted by Gasteiger charge is 2.17. The maximum atomic E-state index is 14.0. The summed E-state index contributed by atoms with van der Waals surface area (Å²) < 4.78 is 17.8. The van der Waals surface area contributed by atoms with Gasteiger partial charge in [0, 0.05) is 40.5 Å². The van der Waals surface area contributed by atoms with Gasteiger partial charge in [-0.15, -0.1) is 0 Å². The molecule has 2 heterocycles. The van der Waals surface area contributed by atoms with Crippen LogP contribution in [0.2, 0.25) is 5.02 Å². The van der Waals surface area contributed by atoms with E-state index < -0.39 is 0 Å². The van der Waals surface area contributed by atoms with Gasteiger partial charge in [0.2, 0.25) is 0 Å². The van der Waals surface area contributed by atoms with Crippen LogP contribution in [-0.4, -0.2) is 20.3 Å². The van der Waals surface area contributed by atoms with Gasteiger partial charge in [-0.3, -0.25) is 9.48 Å². The lowest BCUT2D eigenvalue weighted by Gasteiger charge is -2.09. The van der Waals surface area contributed by atoms with E-state index in [0.717, 1.165) is 28.7 Å². The zero-order valence-corrected chi connectivity index (χ0v) is 20.2. The first kappa shape index (κ1) is 22.9. The zero-order valence-electron chi connectivity index (χ0n) is 19.4. The molecule has 1 N–H and O–H groups in total. The second kappa shape index (κ2) is 9.39. The van der Waals surface area contributed by atoms with E-state index in [1.165, 1.54) is 16.3 Å². The number of nitrogens with one attached hydrogen (secondary N) is 1. The maximum absolute atomic E-state index is 14.0. The van der Waals surface area contributed by atoms with Crippen LogP contribution in [0.5, 0.6) is 0 Å². The van der Waals surface area contributed by atoms with Crippen molar-refractivity contribution in [3.8, 4) is 0 Å². The van der Waals surface area contributed by atoms with Crippen molar-refractivity contribution in [2.24, 2.45) is 0 Å². The molecular weight excluding hydrogens is 463 g/mol. The molecule has 0 bridgehead atoms. The molecule has 0 fully saturated rings. The fourth-order valence-corrected chi connectivity index (χ4v) is 4.50. The molecular formula is C28H24ClFN4O. The normalized spacial score (nSPS) is 11.2. The Labute approximate surface area is 207 Å². The van der Waals surface area contributed by atoms with E-state index >= 15 is 0 Å². The van der Waals surface area contributed by atoms with Crippen molar-refractivity contribution in [3.63, 3.8) is 0 Å². The van der Waals surface area contributed by atoms with Gasteiger partial charge in [0.25, 0.3) is 5.91 Å². The lowest BCUT2D eigenvalue weighted by atomic mass is 10.1. The van der Waals surface area contributed by atoms with E-state index in [0.29, 0.717) is 11.1 Å². The number of rotatable bonds is 6. The second-order valence-corrected chi connectivity index (χ2v) is 8.99. The van der Waals surface area contributed by atoms with Crippen LogP contribution in [0, 0.1) is 19.7 Å². The quantitative estimate of drug-likeness (QED) is 0.294. The topological polar surface area (TPSA) is 51.9 Å². The number of fused-ring (bicyclic) bond motifs is 1. The van der Waals surface area contributed by atoms with Crippen LogP contribution in [-0.2, 0) is 13.1 Å². The number of benzene rings is 3. The minimum Gasteiger partial charge on any atom is -0.340 e. The van der Waals surface area contributed by atoms with Crippen molar-refractivity contribution in [2.45, 2.75) is 26.9 Å². The van der Waals surface area contributed by atoms with Gasteiger partial charge in [-0.25, -0.2) is 4.39 Å². The summed E-state index contributed by atoms with van der Waals surface area (Å²) in [4.78, 5) is 13.0. The highest BCUT2D eigenvalue weighted by atomic mass is 35.5. The van der Waals surface area contributed by atoms with Gasteiger partial charge in [-0.05, 0) is 49.2 Å². The predicted molar refractivity (Wildman–Crippen MR) is 138 cm³/mol. The molecule has 0 aliphatic carbocycles. The number of hydrogen-bond donors (Lipinski definition) is 1. The fraction of sp³-hybridized carbons (Fsp3) is 0.143. The molecule has 0 unspecified atom stereocenters. The van der Waals surface area contributed by atoms with Crippen molar-refractivity contribution in [2.75, 3.05) is 5.32 Å². The molecule has 0 saturated carbocycles. The van der Waals surface area contributed by atoms with Crippen LogP contribution in [0.15, 0.2) is 79.0 Å². The third-order valence-electron chi connectivity index (χ3n) is 6.32. The molecule has 5 nitrogen and oxygen atoms in total. The highest BCUT2D eigenvalue weighted by molar-refractivity contribution is 6.33. The Morgan fingerprint density at radius 2 is 1.74 bits per heavy atom. The van der Waals surface area contributed by atoms with Crippen LogP contribution < -0.4 is 5.32 Å². The molecule has 2 aromatic heterocycles. The lowest BCUT2D eigenvalue weighted by molar-refractivity contribution is 0.102. The predicted octanol–water partition coefficient (Wildman–Crippen LogP) is 6.60.